The standard InChI is InChI=1S/C16H21N9O4/c1-5-19-11-7-12(22-15(21-11)23-24-17)25(6-20-7)14-10-8(28-16(2,3)29-10)9(27-14)13(26)18-4/h6,8-10,14H,5H2,1-4H3,(H,18,26)(H,19,21,22)/t8-,9+,10-,14-/m1/s1. The minimum Gasteiger partial charge on any atom is -0.368 e. The molecule has 0 radical (unpaired) electrons. The molecule has 2 aliphatic heterocycles. The van der Waals surface area contributed by atoms with Gasteiger partial charge in [-0.25, -0.2) is 15.0 Å². The first-order valence-corrected chi connectivity index (χ1v) is 9.14. The first kappa shape index (κ1) is 19.3. The van der Waals surface area contributed by atoms with Gasteiger partial charge in [0.2, 0.25) is 5.95 Å². The third kappa shape index (κ3) is 3.23. The van der Waals surface area contributed by atoms with Crippen LogP contribution in [0.4, 0.5) is 11.8 Å². The van der Waals surface area contributed by atoms with E-state index in [9.17, 15) is 4.79 Å². The van der Waals surface area contributed by atoms with Crippen LogP contribution in [0.25, 0.3) is 21.6 Å². The Bertz CT molecular complexity index is 1000. The number of aromatic nitrogens is 4. The second-order valence-electron chi connectivity index (χ2n) is 7.04. The summed E-state index contributed by atoms with van der Waals surface area (Å²) in [4.78, 5) is 28.0. The number of hydrogen-bond donors (Lipinski definition) is 2. The van der Waals surface area contributed by atoms with E-state index in [0.717, 1.165) is 0 Å². The number of nitrogens with one attached hydrogen (secondary N) is 2. The van der Waals surface area contributed by atoms with E-state index in [4.69, 9.17) is 19.7 Å². The van der Waals surface area contributed by atoms with Crippen LogP contribution in [0.1, 0.15) is 27.0 Å². The Kier molecular flexibility index (Phi) is 4.74. The molecule has 2 aromatic rings. The lowest BCUT2D eigenvalue weighted by Crippen LogP contribution is -2.41. The first-order chi connectivity index (χ1) is 13.9. The Labute approximate surface area is 165 Å². The van der Waals surface area contributed by atoms with Gasteiger partial charge in [0.05, 0.1) is 6.33 Å². The summed E-state index contributed by atoms with van der Waals surface area (Å²) in [7, 11) is 1.53. The predicted molar refractivity (Wildman–Crippen MR) is 100 cm³/mol. The number of azide groups is 1. The number of carbonyl (C=O) groups is 1. The van der Waals surface area contributed by atoms with Crippen LogP contribution in [-0.4, -0.2) is 63.1 Å². The third-order valence-electron chi connectivity index (χ3n) is 4.70. The van der Waals surface area contributed by atoms with Gasteiger partial charge in [-0.3, -0.25) is 9.36 Å². The number of carbonyl (C=O) groups excluding carboxylic acids is 1. The Morgan fingerprint density at radius 2 is 2.14 bits per heavy atom. The Morgan fingerprint density at radius 3 is 2.83 bits per heavy atom. The Hall–Kier alpha value is -2.99. The van der Waals surface area contributed by atoms with Crippen LogP contribution in [0.15, 0.2) is 11.4 Å². The van der Waals surface area contributed by atoms with E-state index in [1.807, 2.05) is 6.92 Å². The molecule has 4 rings (SSSR count). The maximum atomic E-state index is 12.3. The molecule has 0 bridgehead atoms. The van der Waals surface area contributed by atoms with Crippen molar-refractivity contribution in [3.63, 3.8) is 0 Å². The maximum absolute atomic E-state index is 12.3. The zero-order chi connectivity index (χ0) is 20.8. The van der Waals surface area contributed by atoms with Gasteiger partial charge >= 0.3 is 0 Å². The molecule has 29 heavy (non-hydrogen) atoms. The van der Waals surface area contributed by atoms with E-state index in [1.165, 1.54) is 13.4 Å². The number of ether oxygens (including phenoxy) is 3. The zero-order valence-corrected chi connectivity index (χ0v) is 16.4. The van der Waals surface area contributed by atoms with E-state index in [2.05, 4.69) is 35.6 Å². The lowest BCUT2D eigenvalue weighted by molar-refractivity contribution is -0.197. The minimum absolute atomic E-state index is 0.0565. The molecular formula is C16H21N9O4. The summed E-state index contributed by atoms with van der Waals surface area (Å²) in [5.41, 5.74) is 9.64. The largest absolute Gasteiger partial charge is 0.368 e. The molecule has 0 saturated carbocycles. The highest BCUT2D eigenvalue weighted by atomic mass is 16.8. The highest BCUT2D eigenvalue weighted by Gasteiger charge is 2.58. The summed E-state index contributed by atoms with van der Waals surface area (Å²) in [6.07, 6.45) is -1.22. The molecule has 2 aromatic heterocycles. The highest BCUT2D eigenvalue weighted by molar-refractivity contribution is 5.84. The molecule has 2 fully saturated rings. The van der Waals surface area contributed by atoms with Gasteiger partial charge in [-0.15, -0.1) is 0 Å². The summed E-state index contributed by atoms with van der Waals surface area (Å²) in [5, 5.41) is 9.17. The van der Waals surface area contributed by atoms with Crippen molar-refractivity contribution in [2.24, 2.45) is 5.11 Å². The van der Waals surface area contributed by atoms with E-state index < -0.39 is 30.3 Å². The molecule has 2 aliphatic rings. The molecule has 0 unspecified atom stereocenters. The smallest absolute Gasteiger partial charge is 0.251 e. The predicted octanol–water partition coefficient (Wildman–Crippen LogP) is 1.36. The lowest BCUT2D eigenvalue weighted by atomic mass is 10.1. The molecule has 0 aliphatic carbocycles. The van der Waals surface area contributed by atoms with Crippen molar-refractivity contribution in [2.45, 2.75) is 51.1 Å². The van der Waals surface area contributed by atoms with E-state index in [-0.39, 0.29) is 11.9 Å². The number of nitrogens with zero attached hydrogens (tertiary/aromatic N) is 7. The average molecular weight is 403 g/mol. The van der Waals surface area contributed by atoms with Crippen molar-refractivity contribution in [2.75, 3.05) is 18.9 Å². The summed E-state index contributed by atoms with van der Waals surface area (Å²) < 4.78 is 19.6. The second-order valence-corrected chi connectivity index (χ2v) is 7.04. The van der Waals surface area contributed by atoms with Gasteiger partial charge in [0, 0.05) is 18.5 Å². The van der Waals surface area contributed by atoms with Crippen molar-refractivity contribution in [3.8, 4) is 0 Å². The quantitative estimate of drug-likeness (QED) is 0.430. The monoisotopic (exact) mass is 403 g/mol. The molecular weight excluding hydrogens is 382 g/mol. The molecule has 4 heterocycles. The van der Waals surface area contributed by atoms with Crippen molar-refractivity contribution in [3.05, 3.63) is 16.8 Å². The Morgan fingerprint density at radius 1 is 1.38 bits per heavy atom. The van der Waals surface area contributed by atoms with Gasteiger partial charge in [0.25, 0.3) is 5.91 Å². The number of hydrogen-bond acceptors (Lipinski definition) is 9. The van der Waals surface area contributed by atoms with Crippen LogP contribution in [0.5, 0.6) is 0 Å². The summed E-state index contributed by atoms with van der Waals surface area (Å²) in [6, 6.07) is 0. The first-order valence-electron chi connectivity index (χ1n) is 9.14. The fourth-order valence-corrected chi connectivity index (χ4v) is 3.62. The molecule has 0 aromatic carbocycles. The molecule has 4 atom stereocenters. The van der Waals surface area contributed by atoms with Gasteiger partial charge in [0.15, 0.2) is 35.1 Å². The van der Waals surface area contributed by atoms with E-state index in [1.54, 1.807) is 18.4 Å². The highest BCUT2D eigenvalue weighted by Crippen LogP contribution is 2.44. The van der Waals surface area contributed by atoms with Crippen LogP contribution < -0.4 is 10.6 Å². The molecule has 13 nitrogen and oxygen atoms in total. The number of anilines is 1. The topological polar surface area (TPSA) is 161 Å². The van der Waals surface area contributed by atoms with Crippen molar-refractivity contribution in [1.82, 2.24) is 24.8 Å². The molecule has 154 valence electrons. The molecule has 13 heteroatoms. The van der Waals surface area contributed by atoms with Crippen LogP contribution in [-0.2, 0) is 19.0 Å². The summed E-state index contributed by atoms with van der Waals surface area (Å²) in [6.45, 7) is 6.05. The number of rotatable bonds is 5. The van der Waals surface area contributed by atoms with Gasteiger partial charge < -0.3 is 24.8 Å². The van der Waals surface area contributed by atoms with Crippen molar-refractivity contribution in [1.29, 1.82) is 0 Å². The number of likely N-dealkylation sites (N-methyl/N-ethyl adjacent to an activating group) is 1. The van der Waals surface area contributed by atoms with Gasteiger partial charge in [-0.05, 0) is 31.4 Å². The summed E-state index contributed by atoms with van der Waals surface area (Å²) in [5.74, 6) is -0.815. The van der Waals surface area contributed by atoms with E-state index >= 15 is 0 Å². The summed E-state index contributed by atoms with van der Waals surface area (Å²) >= 11 is 0. The SMILES string of the molecule is CCNc1nc(N=[N+]=[N-])nc2c1ncn2[C@@H]1O[C@H](C(=O)NC)[C@H]2OC(C)(C)O[C@H]21. The molecule has 1 amide bonds. The molecule has 0 spiro atoms. The normalized spacial score (nSPS) is 27.4. The van der Waals surface area contributed by atoms with Crippen LogP contribution in [0.2, 0.25) is 0 Å². The van der Waals surface area contributed by atoms with Crippen molar-refractivity contribution >= 4 is 28.8 Å². The minimum atomic E-state index is -0.875. The number of fused-ring (bicyclic) bond motifs is 2. The fourth-order valence-electron chi connectivity index (χ4n) is 3.62. The fraction of sp³-hybridized carbons (Fsp3) is 0.625. The Balaban J connectivity index is 1.81. The van der Waals surface area contributed by atoms with Crippen molar-refractivity contribution < 1.29 is 19.0 Å². The second kappa shape index (κ2) is 7.12. The molecule has 2 saturated heterocycles. The van der Waals surface area contributed by atoms with Crippen LogP contribution in [0.3, 0.4) is 0 Å². The van der Waals surface area contributed by atoms with Crippen LogP contribution >= 0.6 is 0 Å². The zero-order valence-electron chi connectivity index (χ0n) is 16.4. The van der Waals surface area contributed by atoms with Gasteiger partial charge in [-0.2, -0.15) is 0 Å². The average Bonchev–Trinajstić information content (AvgIpc) is 3.32. The lowest BCUT2D eigenvalue weighted by Gasteiger charge is -2.24. The van der Waals surface area contributed by atoms with E-state index in [0.29, 0.717) is 23.5 Å². The maximum Gasteiger partial charge on any atom is 0.251 e. The number of amides is 1. The van der Waals surface area contributed by atoms with Gasteiger partial charge in [-0.1, -0.05) is 0 Å². The van der Waals surface area contributed by atoms with Crippen LogP contribution in [0, 0.1) is 0 Å². The number of imidazole rings is 1. The van der Waals surface area contributed by atoms with Gasteiger partial charge in [0.1, 0.15) is 12.2 Å². The third-order valence-corrected chi connectivity index (χ3v) is 4.70. The molecule has 2 N–H and O–H groups in total.